The van der Waals surface area contributed by atoms with Crippen molar-refractivity contribution in [2.75, 3.05) is 24.8 Å². The van der Waals surface area contributed by atoms with Crippen LogP contribution in [0.1, 0.15) is 12.0 Å². The van der Waals surface area contributed by atoms with Crippen molar-refractivity contribution in [2.24, 2.45) is 0 Å². The minimum Gasteiger partial charge on any atom is -0.385 e. The number of hydrogen-bond acceptors (Lipinski definition) is 5. The molecule has 29 heavy (non-hydrogen) atoms. The molecule has 0 unspecified atom stereocenters. The summed E-state index contributed by atoms with van der Waals surface area (Å²) in [5.41, 5.74) is 2.65. The molecular weight excluding hydrogens is 408 g/mol. The summed E-state index contributed by atoms with van der Waals surface area (Å²) in [4.78, 5) is 12.4. The second-order valence-electron chi connectivity index (χ2n) is 6.44. The molecule has 0 spiro atoms. The van der Waals surface area contributed by atoms with Gasteiger partial charge in [0.2, 0.25) is 5.91 Å². The first-order valence-electron chi connectivity index (χ1n) is 9.25. The predicted octanol–water partition coefficient (Wildman–Crippen LogP) is 4.67. The maximum atomic E-state index is 12.4. The van der Waals surface area contributed by atoms with Gasteiger partial charge in [0, 0.05) is 31.5 Å². The zero-order valence-corrected chi connectivity index (χ0v) is 18.0. The number of thioether (sulfide) groups is 1. The van der Waals surface area contributed by atoms with Crippen molar-refractivity contribution in [3.8, 4) is 11.4 Å². The van der Waals surface area contributed by atoms with E-state index >= 15 is 0 Å². The average Bonchev–Trinajstić information content (AvgIpc) is 3.11. The monoisotopic (exact) mass is 430 g/mol. The van der Waals surface area contributed by atoms with E-state index in [-0.39, 0.29) is 11.7 Å². The molecule has 0 atom stereocenters. The first kappa shape index (κ1) is 21.4. The molecule has 1 aromatic heterocycles. The van der Waals surface area contributed by atoms with E-state index in [0.29, 0.717) is 29.2 Å². The lowest BCUT2D eigenvalue weighted by Crippen LogP contribution is -2.15. The molecule has 6 nitrogen and oxygen atoms in total. The molecule has 8 heteroatoms. The van der Waals surface area contributed by atoms with Crippen LogP contribution in [0.4, 0.5) is 5.69 Å². The summed E-state index contributed by atoms with van der Waals surface area (Å²) in [5.74, 6) is 0.836. The number of nitrogens with zero attached hydrogens (tertiary/aromatic N) is 3. The van der Waals surface area contributed by atoms with Gasteiger partial charge < -0.3 is 14.6 Å². The van der Waals surface area contributed by atoms with Gasteiger partial charge in [-0.15, -0.1) is 10.2 Å². The lowest BCUT2D eigenvalue weighted by atomic mass is 10.2. The Labute approximate surface area is 179 Å². The molecule has 3 rings (SSSR count). The molecule has 0 saturated carbocycles. The zero-order valence-electron chi connectivity index (χ0n) is 16.4. The maximum Gasteiger partial charge on any atom is 0.234 e. The van der Waals surface area contributed by atoms with Gasteiger partial charge in [-0.3, -0.25) is 4.79 Å². The van der Waals surface area contributed by atoms with Gasteiger partial charge in [0.1, 0.15) is 0 Å². The van der Waals surface area contributed by atoms with Gasteiger partial charge in [0.15, 0.2) is 11.0 Å². The van der Waals surface area contributed by atoms with Gasteiger partial charge in [-0.05, 0) is 37.1 Å². The number of rotatable bonds is 9. The molecule has 152 valence electrons. The highest BCUT2D eigenvalue weighted by Crippen LogP contribution is 2.29. The summed E-state index contributed by atoms with van der Waals surface area (Å²) >= 11 is 7.71. The third-order valence-electron chi connectivity index (χ3n) is 4.31. The summed E-state index contributed by atoms with van der Waals surface area (Å²) in [5, 5.41) is 12.9. The Morgan fingerprint density at radius 1 is 1.17 bits per heavy atom. The van der Waals surface area contributed by atoms with Crippen LogP contribution in [-0.4, -0.2) is 40.1 Å². The number of aryl methyl sites for hydroxylation is 1. The largest absolute Gasteiger partial charge is 0.385 e. The van der Waals surface area contributed by atoms with Crippen LogP contribution in [-0.2, 0) is 16.1 Å². The van der Waals surface area contributed by atoms with Crippen LogP contribution in [0, 0.1) is 6.92 Å². The van der Waals surface area contributed by atoms with Crippen LogP contribution in [0.2, 0.25) is 5.02 Å². The van der Waals surface area contributed by atoms with Crippen molar-refractivity contribution in [3.05, 3.63) is 59.1 Å². The van der Waals surface area contributed by atoms with E-state index in [2.05, 4.69) is 15.5 Å². The van der Waals surface area contributed by atoms with Gasteiger partial charge in [-0.25, -0.2) is 0 Å². The van der Waals surface area contributed by atoms with Crippen LogP contribution in [0.25, 0.3) is 11.4 Å². The van der Waals surface area contributed by atoms with E-state index in [0.717, 1.165) is 23.2 Å². The van der Waals surface area contributed by atoms with Gasteiger partial charge in [-0.2, -0.15) is 0 Å². The SMILES string of the molecule is COCCCn1c(SCC(=O)Nc2ccccc2C)nnc1-c1ccccc1Cl. The normalized spacial score (nSPS) is 10.9. The number of anilines is 1. The van der Waals surface area contributed by atoms with E-state index in [1.807, 2.05) is 60.0 Å². The number of nitrogens with one attached hydrogen (secondary N) is 1. The quantitative estimate of drug-likeness (QED) is 0.394. The number of benzene rings is 2. The number of ether oxygens (including phenoxy) is 1. The molecule has 1 amide bonds. The number of amides is 1. The first-order valence-corrected chi connectivity index (χ1v) is 10.6. The number of carbonyl (C=O) groups excluding carboxylic acids is 1. The number of carbonyl (C=O) groups is 1. The molecule has 1 N–H and O–H groups in total. The Balaban J connectivity index is 1.75. The molecule has 3 aromatic rings. The molecule has 0 aliphatic heterocycles. The van der Waals surface area contributed by atoms with Crippen molar-refractivity contribution in [2.45, 2.75) is 25.0 Å². The average molecular weight is 431 g/mol. The van der Waals surface area contributed by atoms with Crippen molar-refractivity contribution in [3.63, 3.8) is 0 Å². The third kappa shape index (κ3) is 5.59. The summed E-state index contributed by atoms with van der Waals surface area (Å²) in [6.45, 7) is 3.26. The van der Waals surface area contributed by atoms with Crippen LogP contribution in [0.5, 0.6) is 0 Å². The molecule has 2 aromatic carbocycles. The third-order valence-corrected chi connectivity index (χ3v) is 5.61. The highest BCUT2D eigenvalue weighted by Gasteiger charge is 2.17. The first-order chi connectivity index (χ1) is 14.1. The molecule has 0 radical (unpaired) electrons. The maximum absolute atomic E-state index is 12.4. The molecular formula is C21H23ClN4O2S. The van der Waals surface area contributed by atoms with E-state index < -0.39 is 0 Å². The van der Waals surface area contributed by atoms with Gasteiger partial charge in [0.05, 0.1) is 10.8 Å². The van der Waals surface area contributed by atoms with E-state index in [9.17, 15) is 4.79 Å². The van der Waals surface area contributed by atoms with Crippen molar-refractivity contribution >= 4 is 35.0 Å². The van der Waals surface area contributed by atoms with Crippen molar-refractivity contribution in [1.82, 2.24) is 14.8 Å². The molecule has 0 fully saturated rings. The smallest absolute Gasteiger partial charge is 0.234 e. The summed E-state index contributed by atoms with van der Waals surface area (Å²) in [6.07, 6.45) is 0.801. The Kier molecular flexibility index (Phi) is 7.69. The van der Waals surface area contributed by atoms with E-state index in [1.54, 1.807) is 7.11 Å². The van der Waals surface area contributed by atoms with E-state index in [4.69, 9.17) is 16.3 Å². The Bertz CT molecular complexity index is 977. The fourth-order valence-corrected chi connectivity index (χ4v) is 3.82. The second kappa shape index (κ2) is 10.4. The zero-order chi connectivity index (χ0) is 20.6. The Hall–Kier alpha value is -2.35. The number of hydrogen-bond donors (Lipinski definition) is 1. The van der Waals surface area contributed by atoms with Crippen LogP contribution in [0.15, 0.2) is 53.7 Å². The predicted molar refractivity (Wildman–Crippen MR) is 117 cm³/mol. The Morgan fingerprint density at radius 3 is 2.69 bits per heavy atom. The summed E-state index contributed by atoms with van der Waals surface area (Å²) in [6, 6.07) is 15.2. The number of para-hydroxylation sites is 1. The number of aromatic nitrogens is 3. The minimum absolute atomic E-state index is 0.0879. The summed E-state index contributed by atoms with van der Waals surface area (Å²) < 4.78 is 7.17. The van der Waals surface area contributed by atoms with Gasteiger partial charge in [0.25, 0.3) is 0 Å². The summed E-state index contributed by atoms with van der Waals surface area (Å²) in [7, 11) is 1.67. The molecule has 1 heterocycles. The van der Waals surface area contributed by atoms with Crippen LogP contribution >= 0.6 is 23.4 Å². The highest BCUT2D eigenvalue weighted by atomic mass is 35.5. The van der Waals surface area contributed by atoms with Crippen molar-refractivity contribution in [1.29, 1.82) is 0 Å². The lowest BCUT2D eigenvalue weighted by molar-refractivity contribution is -0.113. The fraction of sp³-hybridized carbons (Fsp3) is 0.286. The van der Waals surface area contributed by atoms with Crippen molar-refractivity contribution < 1.29 is 9.53 Å². The molecule has 0 bridgehead atoms. The van der Waals surface area contributed by atoms with Gasteiger partial charge >= 0.3 is 0 Å². The molecule has 0 aliphatic rings. The van der Waals surface area contributed by atoms with E-state index in [1.165, 1.54) is 11.8 Å². The molecule has 0 saturated heterocycles. The standard InChI is InChI=1S/C21H23ClN4O2S/c1-15-8-3-6-11-18(15)23-19(27)14-29-21-25-24-20(26(21)12-7-13-28-2)16-9-4-5-10-17(16)22/h3-6,8-11H,7,12-14H2,1-2H3,(H,23,27). The highest BCUT2D eigenvalue weighted by molar-refractivity contribution is 7.99. The number of halogens is 1. The fourth-order valence-electron chi connectivity index (χ4n) is 2.84. The lowest BCUT2D eigenvalue weighted by Gasteiger charge is -2.11. The number of methoxy groups -OCH3 is 1. The van der Waals surface area contributed by atoms with Crippen LogP contribution in [0.3, 0.4) is 0 Å². The topological polar surface area (TPSA) is 69.0 Å². The van der Waals surface area contributed by atoms with Gasteiger partial charge in [-0.1, -0.05) is 53.7 Å². The minimum atomic E-state index is -0.0879. The second-order valence-corrected chi connectivity index (χ2v) is 7.79. The molecule has 0 aliphatic carbocycles. The van der Waals surface area contributed by atoms with Crippen LogP contribution < -0.4 is 5.32 Å². The Morgan fingerprint density at radius 2 is 1.93 bits per heavy atom.